The number of hydrogen-bond acceptors (Lipinski definition) is 5. The smallest absolute Gasteiger partial charge is 0.325 e. The highest BCUT2D eigenvalue weighted by Gasteiger charge is 2.09. The lowest BCUT2D eigenvalue weighted by Gasteiger charge is -2.10. The van der Waals surface area contributed by atoms with Crippen molar-refractivity contribution in [2.24, 2.45) is 5.73 Å². The fourth-order valence-electron chi connectivity index (χ4n) is 1.23. The first kappa shape index (κ1) is 14.9. The number of nitrogens with one attached hydrogen (secondary N) is 1. The van der Waals surface area contributed by atoms with Crippen molar-refractivity contribution in [3.05, 3.63) is 29.8 Å². The van der Waals surface area contributed by atoms with Gasteiger partial charge in [0.05, 0.1) is 12.7 Å². The molecular weight excluding hydrogens is 268 g/mol. The first-order chi connectivity index (χ1) is 9.04. The molecule has 1 aromatic rings. The maximum atomic E-state index is 11.4. The quantitative estimate of drug-likeness (QED) is 0.563. The maximum absolute atomic E-state index is 11.4. The van der Waals surface area contributed by atoms with Gasteiger partial charge in [-0.25, -0.2) is 0 Å². The molecule has 0 aromatic heterocycles. The molecule has 0 bridgehead atoms. The summed E-state index contributed by atoms with van der Waals surface area (Å²) in [5, 5.41) is 2.35. The van der Waals surface area contributed by atoms with Crippen LogP contribution in [0.2, 0.25) is 0 Å². The summed E-state index contributed by atoms with van der Waals surface area (Å²) in [7, 11) is 1.24. The molecule has 19 heavy (non-hydrogen) atoms. The molecule has 102 valence electrons. The van der Waals surface area contributed by atoms with Crippen molar-refractivity contribution in [3.63, 3.8) is 0 Å². The number of carbonyl (C=O) groups is 2. The highest BCUT2D eigenvalue weighted by Crippen LogP contribution is 2.17. The number of methoxy groups -OCH3 is 1. The molecule has 7 heteroatoms. The average molecular weight is 282 g/mol. The normalized spacial score (nSPS) is 9.53. The van der Waals surface area contributed by atoms with E-state index in [2.05, 4.69) is 10.1 Å². The molecule has 6 nitrogen and oxygen atoms in total. The SMILES string of the molecule is COC(=O)CNC(=O)COc1ccccc1C(N)=S. The Hall–Kier alpha value is -2.15. The Kier molecular flexibility index (Phi) is 5.74. The molecule has 0 spiro atoms. The van der Waals surface area contributed by atoms with Crippen LogP contribution in [-0.2, 0) is 14.3 Å². The topological polar surface area (TPSA) is 90.6 Å². The molecule has 0 atom stereocenters. The number of para-hydroxylation sites is 1. The van der Waals surface area contributed by atoms with Gasteiger partial charge in [0.15, 0.2) is 6.61 Å². The van der Waals surface area contributed by atoms with Crippen LogP contribution in [0.3, 0.4) is 0 Å². The van der Waals surface area contributed by atoms with E-state index >= 15 is 0 Å². The van der Waals surface area contributed by atoms with Crippen molar-refractivity contribution in [1.82, 2.24) is 5.32 Å². The van der Waals surface area contributed by atoms with E-state index in [0.29, 0.717) is 11.3 Å². The van der Waals surface area contributed by atoms with Gasteiger partial charge < -0.3 is 20.5 Å². The molecule has 0 radical (unpaired) electrons. The number of carbonyl (C=O) groups excluding carboxylic acids is 2. The Morgan fingerprint density at radius 2 is 2.05 bits per heavy atom. The predicted molar refractivity (Wildman–Crippen MR) is 72.9 cm³/mol. The van der Waals surface area contributed by atoms with E-state index in [4.69, 9.17) is 22.7 Å². The zero-order valence-corrected chi connectivity index (χ0v) is 11.2. The Morgan fingerprint density at radius 3 is 2.68 bits per heavy atom. The fraction of sp³-hybridized carbons (Fsp3) is 0.250. The van der Waals surface area contributed by atoms with Gasteiger partial charge in [-0.15, -0.1) is 0 Å². The zero-order chi connectivity index (χ0) is 14.3. The molecule has 0 saturated carbocycles. The third kappa shape index (κ3) is 4.92. The monoisotopic (exact) mass is 282 g/mol. The van der Waals surface area contributed by atoms with Gasteiger partial charge in [-0.05, 0) is 12.1 Å². The van der Waals surface area contributed by atoms with Gasteiger partial charge in [0.25, 0.3) is 5.91 Å². The van der Waals surface area contributed by atoms with Gasteiger partial charge in [0, 0.05) is 0 Å². The molecule has 0 fully saturated rings. The molecule has 1 aromatic carbocycles. The second kappa shape index (κ2) is 7.32. The second-order valence-electron chi connectivity index (χ2n) is 3.50. The van der Waals surface area contributed by atoms with Crippen molar-refractivity contribution >= 4 is 29.1 Å². The van der Waals surface area contributed by atoms with Crippen LogP contribution in [0, 0.1) is 0 Å². The van der Waals surface area contributed by atoms with Gasteiger partial charge in [-0.3, -0.25) is 9.59 Å². The van der Waals surface area contributed by atoms with E-state index in [1.807, 2.05) is 0 Å². The number of nitrogens with two attached hydrogens (primary N) is 1. The molecule has 3 N–H and O–H groups in total. The molecule has 0 aliphatic heterocycles. The summed E-state index contributed by atoms with van der Waals surface area (Å²) >= 11 is 4.87. The summed E-state index contributed by atoms with van der Waals surface area (Å²) < 4.78 is 9.68. The van der Waals surface area contributed by atoms with Crippen molar-refractivity contribution in [2.45, 2.75) is 0 Å². The van der Waals surface area contributed by atoms with Crippen molar-refractivity contribution < 1.29 is 19.1 Å². The van der Waals surface area contributed by atoms with E-state index in [1.54, 1.807) is 24.3 Å². The Labute approximate surface area is 115 Å². The van der Waals surface area contributed by atoms with Crippen LogP contribution in [0.1, 0.15) is 5.56 Å². The highest BCUT2D eigenvalue weighted by atomic mass is 32.1. The first-order valence-corrected chi connectivity index (χ1v) is 5.80. The Morgan fingerprint density at radius 1 is 1.37 bits per heavy atom. The van der Waals surface area contributed by atoms with Crippen LogP contribution in [0.5, 0.6) is 5.75 Å². The van der Waals surface area contributed by atoms with Crippen LogP contribution < -0.4 is 15.8 Å². The van der Waals surface area contributed by atoms with Crippen molar-refractivity contribution in [2.75, 3.05) is 20.3 Å². The summed E-state index contributed by atoms with van der Waals surface area (Å²) in [6.45, 7) is -0.438. The van der Waals surface area contributed by atoms with Crippen LogP contribution >= 0.6 is 12.2 Å². The number of amides is 1. The van der Waals surface area contributed by atoms with E-state index < -0.39 is 11.9 Å². The highest BCUT2D eigenvalue weighted by molar-refractivity contribution is 7.80. The number of ether oxygens (including phenoxy) is 2. The van der Waals surface area contributed by atoms with Gasteiger partial charge in [-0.2, -0.15) is 0 Å². The van der Waals surface area contributed by atoms with Crippen LogP contribution in [0.15, 0.2) is 24.3 Å². The summed E-state index contributed by atoms with van der Waals surface area (Å²) in [5.74, 6) is -0.553. The largest absolute Gasteiger partial charge is 0.483 e. The van der Waals surface area contributed by atoms with Gasteiger partial charge in [0.1, 0.15) is 17.3 Å². The minimum Gasteiger partial charge on any atom is -0.483 e. The Balaban J connectivity index is 2.51. The van der Waals surface area contributed by atoms with Crippen LogP contribution in [0.25, 0.3) is 0 Å². The number of esters is 1. The third-order valence-corrected chi connectivity index (χ3v) is 2.39. The molecule has 1 amide bonds. The molecule has 0 aliphatic carbocycles. The average Bonchev–Trinajstić information content (AvgIpc) is 2.42. The molecule has 1 rings (SSSR count). The van der Waals surface area contributed by atoms with E-state index in [9.17, 15) is 9.59 Å². The number of thiocarbonyl (C=S) groups is 1. The second-order valence-corrected chi connectivity index (χ2v) is 3.94. The first-order valence-electron chi connectivity index (χ1n) is 5.39. The molecule has 0 aliphatic rings. The van der Waals surface area contributed by atoms with Crippen LogP contribution in [0.4, 0.5) is 0 Å². The lowest BCUT2D eigenvalue weighted by molar-refractivity contribution is -0.141. The van der Waals surface area contributed by atoms with Gasteiger partial charge >= 0.3 is 5.97 Å². The maximum Gasteiger partial charge on any atom is 0.325 e. The molecular formula is C12H14N2O4S. The minimum absolute atomic E-state index is 0.186. The van der Waals surface area contributed by atoms with Gasteiger partial charge in [-0.1, -0.05) is 24.4 Å². The summed E-state index contributed by atoms with van der Waals surface area (Å²) in [4.78, 5) is 22.4. The third-order valence-electron chi connectivity index (χ3n) is 2.17. The number of rotatable bonds is 6. The number of hydrogen-bond donors (Lipinski definition) is 2. The lowest BCUT2D eigenvalue weighted by atomic mass is 10.2. The summed E-state index contributed by atoms with van der Waals surface area (Å²) in [6.07, 6.45) is 0. The minimum atomic E-state index is -0.531. The zero-order valence-electron chi connectivity index (χ0n) is 10.3. The Bertz CT molecular complexity index is 490. The molecule has 0 unspecified atom stereocenters. The van der Waals surface area contributed by atoms with Crippen LogP contribution in [-0.4, -0.2) is 37.1 Å². The lowest BCUT2D eigenvalue weighted by Crippen LogP contribution is -2.34. The number of benzene rings is 1. The fourth-order valence-corrected chi connectivity index (χ4v) is 1.40. The van der Waals surface area contributed by atoms with Crippen molar-refractivity contribution in [1.29, 1.82) is 0 Å². The van der Waals surface area contributed by atoms with E-state index in [0.717, 1.165) is 0 Å². The van der Waals surface area contributed by atoms with Gasteiger partial charge in [0.2, 0.25) is 0 Å². The van der Waals surface area contributed by atoms with Crippen molar-refractivity contribution in [3.8, 4) is 5.75 Å². The van der Waals surface area contributed by atoms with E-state index in [-0.39, 0.29) is 18.1 Å². The summed E-state index contributed by atoms with van der Waals surface area (Å²) in [6, 6.07) is 6.86. The summed E-state index contributed by atoms with van der Waals surface area (Å²) in [5.41, 5.74) is 6.08. The molecule has 0 saturated heterocycles. The standard InChI is InChI=1S/C12H14N2O4S/c1-17-11(16)6-14-10(15)7-18-9-5-3-2-4-8(9)12(13)19/h2-5H,6-7H2,1H3,(H2,13,19)(H,14,15). The molecule has 0 heterocycles. The van der Waals surface area contributed by atoms with E-state index in [1.165, 1.54) is 7.11 Å². The predicted octanol–water partition coefficient (Wildman–Crippen LogP) is -0.0112.